The van der Waals surface area contributed by atoms with E-state index in [1.54, 1.807) is 36.4 Å². The third-order valence-corrected chi connectivity index (χ3v) is 7.50. The first-order valence-electron chi connectivity index (χ1n) is 8.86. The van der Waals surface area contributed by atoms with Gasteiger partial charge >= 0.3 is 5.97 Å². The number of nitrogens with zero attached hydrogens (tertiary/aromatic N) is 1. The summed E-state index contributed by atoms with van der Waals surface area (Å²) < 4.78 is 40.8. The third kappa shape index (κ3) is 4.25. The Balaban J connectivity index is 1.55. The Hall–Kier alpha value is -3.08. The maximum absolute atomic E-state index is 13.1. The molecular weight excluding hydrogens is 429 g/mol. The van der Waals surface area contributed by atoms with Crippen LogP contribution in [0, 0.1) is 5.82 Å². The molecule has 4 aromatic rings. The number of H-pyrrole nitrogens is 1. The van der Waals surface area contributed by atoms with Crippen molar-refractivity contribution in [3.63, 3.8) is 0 Å². The normalized spacial score (nSPS) is 12.8. The molecule has 0 radical (unpaired) electrons. The Morgan fingerprint density at radius 2 is 1.87 bits per heavy atom. The summed E-state index contributed by atoms with van der Waals surface area (Å²) in [6, 6.07) is 14.5. The van der Waals surface area contributed by atoms with Gasteiger partial charge < -0.3 is 10.1 Å². The Labute approximate surface area is 175 Å². The van der Waals surface area contributed by atoms with Crippen molar-refractivity contribution in [1.82, 2.24) is 14.7 Å². The number of rotatable bonds is 7. The fourth-order valence-electron chi connectivity index (χ4n) is 2.95. The third-order valence-electron chi connectivity index (χ3n) is 4.41. The number of sulfonamides is 1. The van der Waals surface area contributed by atoms with Crippen LogP contribution >= 0.6 is 11.3 Å². The van der Waals surface area contributed by atoms with Gasteiger partial charge in [0.25, 0.3) is 10.0 Å². The van der Waals surface area contributed by atoms with E-state index in [1.165, 1.54) is 18.2 Å². The Morgan fingerprint density at radius 1 is 1.13 bits per heavy atom. The minimum Gasteiger partial charge on any atom is -0.480 e. The fraction of sp³-hybridized carbons (Fsp3) is 0.100. The minimum absolute atomic E-state index is 0.0299. The lowest BCUT2D eigenvalue weighted by Crippen LogP contribution is -2.42. The topological polar surface area (TPSA) is 112 Å². The van der Waals surface area contributed by atoms with Gasteiger partial charge in [0.2, 0.25) is 0 Å². The summed E-state index contributed by atoms with van der Waals surface area (Å²) in [4.78, 5) is 19.6. The molecule has 10 heteroatoms. The van der Waals surface area contributed by atoms with Gasteiger partial charge in [-0.05, 0) is 42.0 Å². The number of halogens is 1. The van der Waals surface area contributed by atoms with Crippen molar-refractivity contribution < 1.29 is 22.7 Å². The molecule has 0 aliphatic heterocycles. The van der Waals surface area contributed by atoms with Crippen LogP contribution in [0.3, 0.4) is 0 Å². The highest BCUT2D eigenvalue weighted by molar-refractivity contribution is 7.91. The summed E-state index contributed by atoms with van der Waals surface area (Å²) >= 11 is 0.973. The van der Waals surface area contributed by atoms with E-state index in [1.807, 2.05) is 6.07 Å². The van der Waals surface area contributed by atoms with E-state index < -0.39 is 22.0 Å². The van der Waals surface area contributed by atoms with Crippen molar-refractivity contribution in [2.45, 2.75) is 16.7 Å². The number of carboxylic acids is 1. The van der Waals surface area contributed by atoms with E-state index in [0.717, 1.165) is 16.9 Å². The van der Waals surface area contributed by atoms with Gasteiger partial charge in [-0.25, -0.2) is 17.8 Å². The first kappa shape index (κ1) is 20.2. The molecule has 0 bridgehead atoms. The number of aliphatic carboxylic acids is 1. The van der Waals surface area contributed by atoms with E-state index in [-0.39, 0.29) is 16.4 Å². The molecule has 0 saturated carbocycles. The summed E-state index contributed by atoms with van der Waals surface area (Å²) in [6.07, 6.45) is -0.139. The molecule has 0 fully saturated rings. The van der Waals surface area contributed by atoms with E-state index in [2.05, 4.69) is 14.7 Å². The van der Waals surface area contributed by atoms with Crippen molar-refractivity contribution in [2.24, 2.45) is 0 Å². The van der Waals surface area contributed by atoms with Crippen molar-refractivity contribution in [1.29, 1.82) is 0 Å². The van der Waals surface area contributed by atoms with E-state index in [4.69, 9.17) is 0 Å². The van der Waals surface area contributed by atoms with Crippen molar-refractivity contribution in [3.05, 3.63) is 72.3 Å². The standard InChI is InChI=1S/C20H16FN3O4S2/c21-13-7-5-12(6-8-13)17-9-10-19(29-17)30(27,28)24-16(20(25)26)11-18-22-14-3-1-2-4-15(14)23-18/h1-10,16,24H,11H2,(H,22,23)(H,25,26)/t16-/m1/s1. The number of hydrogen-bond acceptors (Lipinski definition) is 5. The summed E-state index contributed by atoms with van der Waals surface area (Å²) in [7, 11) is -4.08. The predicted octanol–water partition coefficient (Wildman–Crippen LogP) is 3.40. The van der Waals surface area contributed by atoms with Gasteiger partial charge in [0.1, 0.15) is 21.9 Å². The van der Waals surface area contributed by atoms with Crippen molar-refractivity contribution in [3.8, 4) is 10.4 Å². The number of hydrogen-bond donors (Lipinski definition) is 3. The first-order chi connectivity index (χ1) is 14.3. The number of benzene rings is 2. The number of thiophene rings is 1. The largest absolute Gasteiger partial charge is 0.480 e. The molecule has 0 aliphatic carbocycles. The Bertz CT molecular complexity index is 1280. The summed E-state index contributed by atoms with van der Waals surface area (Å²) in [6.45, 7) is 0. The highest BCUT2D eigenvalue weighted by Gasteiger charge is 2.28. The van der Waals surface area contributed by atoms with Crippen LogP contribution in [0.15, 0.2) is 64.9 Å². The van der Waals surface area contributed by atoms with Gasteiger partial charge in [0, 0.05) is 11.3 Å². The lowest BCUT2D eigenvalue weighted by molar-refractivity contribution is -0.138. The number of para-hydroxylation sites is 2. The van der Waals surface area contributed by atoms with Gasteiger partial charge in [0.05, 0.1) is 11.0 Å². The zero-order valence-corrected chi connectivity index (χ0v) is 17.0. The number of carboxylic acid groups (broad SMARTS) is 1. The average molecular weight is 445 g/mol. The summed E-state index contributed by atoms with van der Waals surface area (Å²) in [5.74, 6) is -1.33. The maximum Gasteiger partial charge on any atom is 0.322 e. The molecule has 1 atom stereocenters. The molecule has 0 amide bonds. The smallest absolute Gasteiger partial charge is 0.322 e. The monoisotopic (exact) mass is 445 g/mol. The lowest BCUT2D eigenvalue weighted by atomic mass is 10.2. The molecule has 0 aliphatic rings. The highest BCUT2D eigenvalue weighted by atomic mass is 32.2. The van der Waals surface area contributed by atoms with E-state index >= 15 is 0 Å². The Morgan fingerprint density at radius 3 is 2.57 bits per heavy atom. The van der Waals surface area contributed by atoms with Crippen LogP contribution in [0.25, 0.3) is 21.5 Å². The molecule has 2 aromatic carbocycles. The van der Waals surface area contributed by atoms with E-state index in [9.17, 15) is 22.7 Å². The predicted molar refractivity (Wildman–Crippen MR) is 111 cm³/mol. The Kier molecular flexibility index (Phi) is 5.37. The zero-order valence-electron chi connectivity index (χ0n) is 15.4. The van der Waals surface area contributed by atoms with Crippen LogP contribution in [0.4, 0.5) is 4.39 Å². The summed E-state index contributed by atoms with van der Waals surface area (Å²) in [5.41, 5.74) is 2.07. The second-order valence-corrected chi connectivity index (χ2v) is 9.57. The highest BCUT2D eigenvalue weighted by Crippen LogP contribution is 2.31. The molecule has 0 saturated heterocycles. The second kappa shape index (κ2) is 7.98. The molecule has 7 nitrogen and oxygen atoms in total. The van der Waals surface area contributed by atoms with E-state index in [0.29, 0.717) is 21.8 Å². The first-order valence-corrected chi connectivity index (χ1v) is 11.2. The zero-order chi connectivity index (χ0) is 21.3. The van der Waals surface area contributed by atoms with Crippen LogP contribution in [0.1, 0.15) is 5.82 Å². The molecule has 30 heavy (non-hydrogen) atoms. The molecule has 0 unspecified atom stereocenters. The number of aromatic amines is 1. The molecule has 3 N–H and O–H groups in total. The maximum atomic E-state index is 13.1. The van der Waals surface area contributed by atoms with Gasteiger partial charge in [-0.15, -0.1) is 11.3 Å². The minimum atomic E-state index is -4.08. The number of imidazole rings is 1. The summed E-state index contributed by atoms with van der Waals surface area (Å²) in [5, 5.41) is 9.53. The molecule has 154 valence electrons. The lowest BCUT2D eigenvalue weighted by Gasteiger charge is -2.12. The molecule has 2 heterocycles. The van der Waals surface area contributed by atoms with Crippen LogP contribution in [-0.4, -0.2) is 35.5 Å². The number of carbonyl (C=O) groups is 1. The molecule has 0 spiro atoms. The van der Waals surface area contributed by atoms with Crippen LogP contribution in [0.2, 0.25) is 0 Å². The van der Waals surface area contributed by atoms with Crippen molar-refractivity contribution >= 4 is 38.4 Å². The molecule has 4 rings (SSSR count). The van der Waals surface area contributed by atoms with Gasteiger partial charge in [0.15, 0.2) is 0 Å². The van der Waals surface area contributed by atoms with Gasteiger partial charge in [-0.1, -0.05) is 24.3 Å². The molecule has 2 aromatic heterocycles. The van der Waals surface area contributed by atoms with Crippen LogP contribution in [0.5, 0.6) is 0 Å². The van der Waals surface area contributed by atoms with Crippen molar-refractivity contribution in [2.75, 3.05) is 0 Å². The van der Waals surface area contributed by atoms with Crippen LogP contribution < -0.4 is 4.72 Å². The fourth-order valence-corrected chi connectivity index (χ4v) is 5.47. The van der Waals surface area contributed by atoms with Gasteiger partial charge in [-0.2, -0.15) is 4.72 Å². The SMILES string of the molecule is O=C(O)[C@@H](Cc1nc2ccccc2[nH]1)NS(=O)(=O)c1ccc(-c2ccc(F)cc2)s1. The quantitative estimate of drug-likeness (QED) is 0.404. The number of aromatic nitrogens is 2. The number of fused-ring (bicyclic) bond motifs is 1. The molecular formula is C20H16FN3O4S2. The number of nitrogens with one attached hydrogen (secondary N) is 2. The second-order valence-electron chi connectivity index (χ2n) is 6.54. The van der Waals surface area contributed by atoms with Gasteiger partial charge in [-0.3, -0.25) is 4.79 Å². The average Bonchev–Trinajstić information content (AvgIpc) is 3.35. The van der Waals surface area contributed by atoms with Crippen LogP contribution in [-0.2, 0) is 21.2 Å².